The number of hydrogen-bond acceptors (Lipinski definition) is 4. The van der Waals surface area contributed by atoms with Gasteiger partial charge in [-0.15, -0.1) is 0 Å². The second kappa shape index (κ2) is 7.16. The molecule has 2 rings (SSSR count). The molecule has 0 aromatic heterocycles. The summed E-state index contributed by atoms with van der Waals surface area (Å²) in [5.74, 6) is -0.497. The van der Waals surface area contributed by atoms with Gasteiger partial charge in [0.15, 0.2) is 23.6 Å². The maximum absolute atomic E-state index is 12.0. The molecule has 0 N–H and O–H groups in total. The highest BCUT2D eigenvalue weighted by Crippen LogP contribution is 2.34. The predicted octanol–water partition coefficient (Wildman–Crippen LogP) is 4.43. The first-order chi connectivity index (χ1) is 12.1. The fraction of sp³-hybridized carbons (Fsp3) is 0.273. The van der Waals surface area contributed by atoms with Crippen molar-refractivity contribution < 1.29 is 19.2 Å². The van der Waals surface area contributed by atoms with Crippen molar-refractivity contribution in [2.75, 3.05) is 0 Å². The highest BCUT2D eigenvalue weighted by atomic mass is 16.1. The molecule has 0 unspecified atom stereocenters. The Bertz CT molecular complexity index is 920. The lowest BCUT2D eigenvalue weighted by atomic mass is 9.76. The van der Waals surface area contributed by atoms with Crippen LogP contribution in [0.3, 0.4) is 0 Å². The quantitative estimate of drug-likeness (QED) is 0.571. The van der Waals surface area contributed by atoms with Gasteiger partial charge in [-0.2, -0.15) is 0 Å². The zero-order valence-electron chi connectivity index (χ0n) is 15.7. The number of carbonyl (C=O) groups excluding carboxylic acids is 4. The minimum Gasteiger partial charge on any atom is -0.298 e. The summed E-state index contributed by atoms with van der Waals surface area (Å²) in [5.41, 5.74) is 2.68. The molecule has 0 bridgehead atoms. The number of rotatable bonds is 6. The van der Waals surface area contributed by atoms with Gasteiger partial charge < -0.3 is 0 Å². The Kier molecular flexibility index (Phi) is 5.36. The zero-order valence-corrected chi connectivity index (χ0v) is 15.7. The SMILES string of the molecule is CC(=O)c1ccc(C(C)(C)c2ccc(C(C)=O)c(C(C)=O)c2)cc1C=O. The van der Waals surface area contributed by atoms with E-state index >= 15 is 0 Å². The molecule has 26 heavy (non-hydrogen) atoms. The predicted molar refractivity (Wildman–Crippen MR) is 100 cm³/mol. The molecular weight excluding hydrogens is 328 g/mol. The van der Waals surface area contributed by atoms with E-state index in [0.717, 1.165) is 11.1 Å². The van der Waals surface area contributed by atoms with Gasteiger partial charge >= 0.3 is 0 Å². The first-order valence-electron chi connectivity index (χ1n) is 8.36. The molecule has 0 spiro atoms. The molecule has 0 radical (unpaired) electrons. The molecule has 2 aromatic rings. The lowest BCUT2D eigenvalue weighted by molar-refractivity contribution is 0.0980. The summed E-state index contributed by atoms with van der Waals surface area (Å²) in [6.45, 7) is 8.23. The molecule has 134 valence electrons. The summed E-state index contributed by atoms with van der Waals surface area (Å²) >= 11 is 0. The Morgan fingerprint density at radius 2 is 1.19 bits per heavy atom. The maximum Gasteiger partial charge on any atom is 0.160 e. The zero-order chi connectivity index (χ0) is 19.6. The summed E-state index contributed by atoms with van der Waals surface area (Å²) in [7, 11) is 0. The van der Waals surface area contributed by atoms with Gasteiger partial charge in [-0.3, -0.25) is 19.2 Å². The smallest absolute Gasteiger partial charge is 0.160 e. The lowest BCUT2D eigenvalue weighted by Gasteiger charge is -2.27. The van der Waals surface area contributed by atoms with Crippen LogP contribution in [0.1, 0.15) is 87.2 Å². The molecule has 4 nitrogen and oxygen atoms in total. The first-order valence-corrected chi connectivity index (χ1v) is 8.36. The molecule has 0 saturated heterocycles. The van der Waals surface area contributed by atoms with Crippen molar-refractivity contribution in [3.8, 4) is 0 Å². The van der Waals surface area contributed by atoms with Gasteiger partial charge in [-0.1, -0.05) is 38.1 Å². The summed E-state index contributed by atoms with van der Waals surface area (Å²) in [4.78, 5) is 46.8. The van der Waals surface area contributed by atoms with Crippen molar-refractivity contribution in [3.63, 3.8) is 0 Å². The third-order valence-corrected chi connectivity index (χ3v) is 4.78. The number of hydrogen-bond donors (Lipinski definition) is 0. The molecule has 2 aromatic carbocycles. The molecule has 0 aliphatic heterocycles. The van der Waals surface area contributed by atoms with E-state index in [2.05, 4.69) is 0 Å². The number of ketones is 3. The van der Waals surface area contributed by atoms with E-state index in [0.29, 0.717) is 28.5 Å². The van der Waals surface area contributed by atoms with Crippen molar-refractivity contribution in [3.05, 3.63) is 69.8 Å². The van der Waals surface area contributed by atoms with Crippen LogP contribution in [0.2, 0.25) is 0 Å². The second-order valence-corrected chi connectivity index (χ2v) is 6.97. The topological polar surface area (TPSA) is 68.3 Å². The molecule has 0 atom stereocenters. The van der Waals surface area contributed by atoms with Gasteiger partial charge in [0.25, 0.3) is 0 Å². The van der Waals surface area contributed by atoms with Crippen LogP contribution in [0.4, 0.5) is 0 Å². The normalized spacial score (nSPS) is 11.1. The van der Waals surface area contributed by atoms with E-state index in [9.17, 15) is 19.2 Å². The monoisotopic (exact) mass is 350 g/mol. The fourth-order valence-corrected chi connectivity index (χ4v) is 3.07. The Labute approximate surface area is 153 Å². The Hall–Kier alpha value is -2.88. The van der Waals surface area contributed by atoms with Crippen LogP contribution in [0.25, 0.3) is 0 Å². The van der Waals surface area contributed by atoms with Gasteiger partial charge in [0, 0.05) is 27.7 Å². The van der Waals surface area contributed by atoms with E-state index in [4.69, 9.17) is 0 Å². The van der Waals surface area contributed by atoms with Crippen LogP contribution in [0.15, 0.2) is 36.4 Å². The Morgan fingerprint density at radius 1 is 0.731 bits per heavy atom. The fourth-order valence-electron chi connectivity index (χ4n) is 3.07. The minimum atomic E-state index is -0.521. The van der Waals surface area contributed by atoms with Gasteiger partial charge in [0.05, 0.1) is 0 Å². The first kappa shape index (κ1) is 19.4. The Morgan fingerprint density at radius 3 is 1.65 bits per heavy atom. The molecule has 0 fully saturated rings. The number of benzene rings is 2. The van der Waals surface area contributed by atoms with E-state index < -0.39 is 5.41 Å². The number of carbonyl (C=O) groups is 4. The van der Waals surface area contributed by atoms with Crippen LogP contribution < -0.4 is 0 Å². The Balaban J connectivity index is 2.62. The average molecular weight is 350 g/mol. The molecule has 0 aliphatic carbocycles. The molecule has 0 saturated carbocycles. The van der Waals surface area contributed by atoms with Crippen molar-refractivity contribution >= 4 is 23.6 Å². The molecular formula is C22H22O4. The lowest BCUT2D eigenvalue weighted by Crippen LogP contribution is -2.21. The third-order valence-electron chi connectivity index (χ3n) is 4.78. The third kappa shape index (κ3) is 3.54. The van der Waals surface area contributed by atoms with Crippen LogP contribution in [0.5, 0.6) is 0 Å². The summed E-state index contributed by atoms with van der Waals surface area (Å²) in [5, 5.41) is 0. The van der Waals surface area contributed by atoms with E-state index in [1.54, 1.807) is 24.3 Å². The molecule has 0 heterocycles. The molecule has 0 amide bonds. The van der Waals surface area contributed by atoms with Crippen molar-refractivity contribution in [2.45, 2.75) is 40.0 Å². The van der Waals surface area contributed by atoms with Crippen molar-refractivity contribution in [2.24, 2.45) is 0 Å². The number of Topliss-reactive ketones (excluding diaryl/α,β-unsaturated/α-hetero) is 3. The van der Waals surface area contributed by atoms with Gasteiger partial charge in [-0.25, -0.2) is 0 Å². The van der Waals surface area contributed by atoms with E-state index in [-0.39, 0.29) is 17.3 Å². The van der Waals surface area contributed by atoms with Crippen LogP contribution >= 0.6 is 0 Å². The highest BCUT2D eigenvalue weighted by Gasteiger charge is 2.26. The summed E-state index contributed by atoms with van der Waals surface area (Å²) in [6.07, 6.45) is 0.677. The van der Waals surface area contributed by atoms with E-state index in [1.807, 2.05) is 26.0 Å². The largest absolute Gasteiger partial charge is 0.298 e. The minimum absolute atomic E-state index is 0.159. The van der Waals surface area contributed by atoms with Gasteiger partial charge in [-0.05, 0) is 44.0 Å². The van der Waals surface area contributed by atoms with Crippen molar-refractivity contribution in [1.29, 1.82) is 0 Å². The van der Waals surface area contributed by atoms with E-state index in [1.165, 1.54) is 20.8 Å². The average Bonchev–Trinajstić information content (AvgIpc) is 2.60. The summed E-state index contributed by atoms with van der Waals surface area (Å²) < 4.78 is 0. The van der Waals surface area contributed by atoms with Crippen LogP contribution in [0, 0.1) is 0 Å². The van der Waals surface area contributed by atoms with Crippen LogP contribution in [-0.4, -0.2) is 23.6 Å². The maximum atomic E-state index is 12.0. The molecule has 4 heteroatoms. The molecule has 0 aliphatic rings. The highest BCUT2D eigenvalue weighted by molar-refractivity contribution is 6.07. The van der Waals surface area contributed by atoms with Gasteiger partial charge in [0.2, 0.25) is 0 Å². The van der Waals surface area contributed by atoms with Gasteiger partial charge in [0.1, 0.15) is 0 Å². The summed E-state index contributed by atoms with van der Waals surface area (Å²) in [6, 6.07) is 10.4. The second-order valence-electron chi connectivity index (χ2n) is 6.97. The van der Waals surface area contributed by atoms with Crippen LogP contribution in [-0.2, 0) is 5.41 Å². The number of aldehydes is 1. The standard InChI is InChI=1S/C22H22O4/c1-13(24)19-8-6-17(10-16(19)12-23)22(4,5)18-7-9-20(14(2)25)21(11-18)15(3)26/h6-12H,1-5H3. The van der Waals surface area contributed by atoms with Crippen molar-refractivity contribution in [1.82, 2.24) is 0 Å².